The van der Waals surface area contributed by atoms with Gasteiger partial charge in [0.15, 0.2) is 0 Å². The van der Waals surface area contributed by atoms with E-state index in [-0.39, 0.29) is 5.41 Å². The number of alkyl halides is 1. The molecule has 4 heteroatoms. The number of aromatic nitrogens is 1. The van der Waals surface area contributed by atoms with Gasteiger partial charge in [0, 0.05) is 36.7 Å². The standard InChI is InChI=1S/C16H27ClN2O/c1-12(2)19(7-8-20-6)15-10-13(11-17)9-14(18-15)16(3,4)5/h9-10,12H,7-8,11H2,1-6H3. The van der Waals surface area contributed by atoms with Crippen LogP contribution in [-0.2, 0) is 16.0 Å². The molecule has 0 bridgehead atoms. The number of nitrogens with zero attached hydrogens (tertiary/aromatic N) is 2. The van der Waals surface area contributed by atoms with Crippen molar-refractivity contribution in [2.75, 3.05) is 25.2 Å². The summed E-state index contributed by atoms with van der Waals surface area (Å²) in [5.74, 6) is 1.49. The van der Waals surface area contributed by atoms with Crippen LogP contribution in [0.5, 0.6) is 0 Å². The Hall–Kier alpha value is -0.800. The zero-order valence-corrected chi connectivity index (χ0v) is 14.3. The molecule has 20 heavy (non-hydrogen) atoms. The van der Waals surface area contributed by atoms with Gasteiger partial charge in [0.05, 0.1) is 6.61 Å². The van der Waals surface area contributed by atoms with Gasteiger partial charge in [-0.15, -0.1) is 11.6 Å². The minimum absolute atomic E-state index is 0.0146. The van der Waals surface area contributed by atoms with Crippen molar-refractivity contribution in [1.82, 2.24) is 4.98 Å². The highest BCUT2D eigenvalue weighted by atomic mass is 35.5. The molecule has 0 N–H and O–H groups in total. The van der Waals surface area contributed by atoms with Crippen LogP contribution in [0.15, 0.2) is 12.1 Å². The number of methoxy groups -OCH3 is 1. The number of hydrogen-bond acceptors (Lipinski definition) is 3. The number of rotatable bonds is 6. The molecule has 0 saturated carbocycles. The van der Waals surface area contributed by atoms with Gasteiger partial charge >= 0.3 is 0 Å². The summed E-state index contributed by atoms with van der Waals surface area (Å²) < 4.78 is 5.20. The highest BCUT2D eigenvalue weighted by Crippen LogP contribution is 2.26. The predicted octanol–water partition coefficient (Wildman–Crippen LogP) is 3.98. The van der Waals surface area contributed by atoms with E-state index >= 15 is 0 Å². The fourth-order valence-electron chi connectivity index (χ4n) is 2.01. The average molecular weight is 299 g/mol. The fraction of sp³-hybridized carbons (Fsp3) is 0.688. The summed E-state index contributed by atoms with van der Waals surface area (Å²) in [7, 11) is 1.72. The van der Waals surface area contributed by atoms with Gasteiger partial charge in [0.25, 0.3) is 0 Å². The molecule has 0 fully saturated rings. The summed E-state index contributed by atoms with van der Waals surface area (Å²) in [6, 6.07) is 4.56. The monoisotopic (exact) mass is 298 g/mol. The van der Waals surface area contributed by atoms with Gasteiger partial charge in [0.2, 0.25) is 0 Å². The number of hydrogen-bond donors (Lipinski definition) is 0. The van der Waals surface area contributed by atoms with E-state index in [9.17, 15) is 0 Å². The first-order chi connectivity index (χ1) is 9.29. The van der Waals surface area contributed by atoms with Crippen molar-refractivity contribution >= 4 is 17.4 Å². The van der Waals surface area contributed by atoms with Crippen molar-refractivity contribution in [2.45, 2.75) is 52.0 Å². The molecule has 0 atom stereocenters. The molecule has 0 amide bonds. The molecule has 0 spiro atoms. The molecule has 0 aliphatic carbocycles. The van der Waals surface area contributed by atoms with E-state index in [4.69, 9.17) is 21.3 Å². The lowest BCUT2D eigenvalue weighted by atomic mass is 9.91. The molecule has 1 heterocycles. The van der Waals surface area contributed by atoms with Crippen LogP contribution in [0.2, 0.25) is 0 Å². The predicted molar refractivity (Wildman–Crippen MR) is 86.9 cm³/mol. The number of ether oxygens (including phenoxy) is 1. The van der Waals surface area contributed by atoms with Crippen LogP contribution in [0.4, 0.5) is 5.82 Å². The minimum Gasteiger partial charge on any atom is -0.383 e. The molecule has 0 aliphatic heterocycles. The largest absolute Gasteiger partial charge is 0.383 e. The average Bonchev–Trinajstić information content (AvgIpc) is 2.37. The highest BCUT2D eigenvalue weighted by molar-refractivity contribution is 6.17. The third-order valence-corrected chi connectivity index (χ3v) is 3.56. The molecule has 0 aromatic carbocycles. The summed E-state index contributed by atoms with van der Waals surface area (Å²) in [6.07, 6.45) is 0. The van der Waals surface area contributed by atoms with Crippen LogP contribution in [0, 0.1) is 0 Å². The Morgan fingerprint density at radius 1 is 1.30 bits per heavy atom. The molecule has 1 aromatic heterocycles. The number of halogens is 1. The quantitative estimate of drug-likeness (QED) is 0.743. The molecule has 1 rings (SSSR count). The van der Waals surface area contributed by atoms with Crippen LogP contribution in [0.1, 0.15) is 45.9 Å². The van der Waals surface area contributed by atoms with Crippen molar-refractivity contribution in [1.29, 1.82) is 0 Å². The van der Waals surface area contributed by atoms with Gasteiger partial charge in [0.1, 0.15) is 5.82 Å². The van der Waals surface area contributed by atoms with Crippen molar-refractivity contribution < 1.29 is 4.74 Å². The second kappa shape index (κ2) is 7.28. The highest BCUT2D eigenvalue weighted by Gasteiger charge is 2.20. The summed E-state index contributed by atoms with van der Waals surface area (Å²) in [4.78, 5) is 7.10. The molecule has 0 aliphatic rings. The van der Waals surface area contributed by atoms with E-state index in [1.54, 1.807) is 7.11 Å². The Kier molecular flexibility index (Phi) is 6.28. The molecule has 0 radical (unpaired) electrons. The summed E-state index contributed by atoms with van der Waals surface area (Å²) in [5.41, 5.74) is 2.21. The van der Waals surface area contributed by atoms with Crippen molar-refractivity contribution in [3.63, 3.8) is 0 Å². The Bertz CT molecular complexity index is 427. The van der Waals surface area contributed by atoms with Crippen LogP contribution >= 0.6 is 11.6 Å². The SMILES string of the molecule is COCCN(c1cc(CCl)cc(C(C)(C)C)n1)C(C)C. The Balaban J connectivity index is 3.19. The maximum atomic E-state index is 6.04. The Morgan fingerprint density at radius 2 is 1.95 bits per heavy atom. The van der Waals surface area contributed by atoms with Gasteiger partial charge in [-0.05, 0) is 31.5 Å². The third-order valence-electron chi connectivity index (χ3n) is 3.25. The normalized spacial score (nSPS) is 12.0. The van der Waals surface area contributed by atoms with Crippen LogP contribution in [0.3, 0.4) is 0 Å². The Labute approximate surface area is 128 Å². The van der Waals surface area contributed by atoms with Crippen molar-refractivity contribution in [3.05, 3.63) is 23.4 Å². The van der Waals surface area contributed by atoms with Crippen molar-refractivity contribution in [2.24, 2.45) is 0 Å². The smallest absolute Gasteiger partial charge is 0.129 e. The number of anilines is 1. The summed E-state index contributed by atoms with van der Waals surface area (Å²) in [6.45, 7) is 12.4. The minimum atomic E-state index is 0.0146. The molecular formula is C16H27ClN2O. The van der Waals surface area contributed by atoms with Gasteiger partial charge in [-0.3, -0.25) is 0 Å². The number of pyridine rings is 1. The molecular weight excluding hydrogens is 272 g/mol. The van der Waals surface area contributed by atoms with Crippen molar-refractivity contribution in [3.8, 4) is 0 Å². The van der Waals surface area contributed by atoms with Crippen LogP contribution in [0.25, 0.3) is 0 Å². The molecule has 0 saturated heterocycles. The second-order valence-electron chi connectivity index (χ2n) is 6.38. The zero-order chi connectivity index (χ0) is 15.3. The Morgan fingerprint density at radius 3 is 2.40 bits per heavy atom. The molecule has 0 unspecified atom stereocenters. The van der Waals surface area contributed by atoms with E-state index < -0.39 is 0 Å². The van der Waals surface area contributed by atoms with Gasteiger partial charge in [-0.1, -0.05) is 20.8 Å². The van der Waals surface area contributed by atoms with Gasteiger partial charge in [-0.2, -0.15) is 0 Å². The first-order valence-corrected chi connectivity index (χ1v) is 7.66. The molecule has 114 valence electrons. The third kappa shape index (κ3) is 4.64. The fourth-order valence-corrected chi connectivity index (χ4v) is 2.16. The van der Waals surface area contributed by atoms with E-state index in [0.29, 0.717) is 18.5 Å². The maximum absolute atomic E-state index is 6.04. The lowest BCUT2D eigenvalue weighted by Gasteiger charge is -2.30. The van der Waals surface area contributed by atoms with Gasteiger partial charge in [-0.25, -0.2) is 4.98 Å². The second-order valence-corrected chi connectivity index (χ2v) is 6.65. The molecule has 1 aromatic rings. The molecule has 3 nitrogen and oxygen atoms in total. The first-order valence-electron chi connectivity index (χ1n) is 7.12. The zero-order valence-electron chi connectivity index (χ0n) is 13.5. The lowest BCUT2D eigenvalue weighted by Crippen LogP contribution is -2.35. The maximum Gasteiger partial charge on any atom is 0.129 e. The van der Waals surface area contributed by atoms with Crippen LogP contribution in [-0.4, -0.2) is 31.3 Å². The van der Waals surface area contributed by atoms with E-state index in [0.717, 1.165) is 23.6 Å². The van der Waals surface area contributed by atoms with Crippen LogP contribution < -0.4 is 4.90 Å². The lowest BCUT2D eigenvalue weighted by molar-refractivity contribution is 0.203. The van der Waals surface area contributed by atoms with E-state index in [2.05, 4.69) is 51.7 Å². The summed E-state index contributed by atoms with van der Waals surface area (Å²) in [5, 5.41) is 0. The first kappa shape index (κ1) is 17.3. The van der Waals surface area contributed by atoms with Gasteiger partial charge < -0.3 is 9.64 Å². The summed E-state index contributed by atoms with van der Waals surface area (Å²) >= 11 is 6.04. The topological polar surface area (TPSA) is 25.4 Å². The van der Waals surface area contributed by atoms with E-state index in [1.165, 1.54) is 0 Å². The van der Waals surface area contributed by atoms with E-state index in [1.807, 2.05) is 0 Å².